The van der Waals surface area contributed by atoms with Gasteiger partial charge in [-0.2, -0.15) is 0 Å². The van der Waals surface area contributed by atoms with E-state index in [4.69, 9.17) is 4.74 Å². The Labute approximate surface area is 199 Å². The van der Waals surface area contributed by atoms with Crippen molar-refractivity contribution in [3.8, 4) is 11.1 Å². The SMILES string of the molecule is CC(C)=CCC(NC(=O)OCC1c2ccccc2-c2ccccc21)C(=O)N1CCC[C@@H]1C(=O)O. The number of fused-ring (bicyclic) bond motifs is 3. The number of nitrogens with one attached hydrogen (secondary N) is 1. The number of aliphatic carboxylic acids is 1. The van der Waals surface area contributed by atoms with E-state index in [-0.39, 0.29) is 18.9 Å². The van der Waals surface area contributed by atoms with Gasteiger partial charge in [0.05, 0.1) is 0 Å². The maximum atomic E-state index is 13.2. The van der Waals surface area contributed by atoms with Crippen LogP contribution in [0, 0.1) is 0 Å². The van der Waals surface area contributed by atoms with Crippen LogP contribution in [0.1, 0.15) is 50.2 Å². The van der Waals surface area contributed by atoms with Gasteiger partial charge >= 0.3 is 12.1 Å². The lowest BCUT2D eigenvalue weighted by atomic mass is 9.98. The molecule has 0 bridgehead atoms. The number of rotatable bonds is 7. The Balaban J connectivity index is 1.46. The smallest absolute Gasteiger partial charge is 0.407 e. The van der Waals surface area contributed by atoms with Crippen molar-refractivity contribution >= 4 is 18.0 Å². The highest BCUT2D eigenvalue weighted by Crippen LogP contribution is 2.44. The Morgan fingerprint density at radius 1 is 1.09 bits per heavy atom. The topological polar surface area (TPSA) is 95.9 Å². The van der Waals surface area contributed by atoms with Gasteiger partial charge in [-0.15, -0.1) is 0 Å². The van der Waals surface area contributed by atoms with Crippen molar-refractivity contribution in [1.29, 1.82) is 0 Å². The first kappa shape index (κ1) is 23.5. The summed E-state index contributed by atoms with van der Waals surface area (Å²) < 4.78 is 5.61. The lowest BCUT2D eigenvalue weighted by Crippen LogP contribution is -2.51. The normalized spacial score (nSPS) is 17.5. The minimum absolute atomic E-state index is 0.0833. The lowest BCUT2D eigenvalue weighted by molar-refractivity contribution is -0.148. The molecule has 2 N–H and O–H groups in total. The summed E-state index contributed by atoms with van der Waals surface area (Å²) in [6, 6.07) is 14.4. The molecule has 2 aromatic carbocycles. The molecule has 2 atom stereocenters. The zero-order valence-corrected chi connectivity index (χ0v) is 19.5. The number of hydrogen-bond acceptors (Lipinski definition) is 4. The summed E-state index contributed by atoms with van der Waals surface area (Å²) in [5.74, 6) is -1.50. The number of hydrogen-bond donors (Lipinski definition) is 2. The van der Waals surface area contributed by atoms with Gasteiger partial charge in [-0.05, 0) is 55.4 Å². The van der Waals surface area contributed by atoms with Gasteiger partial charge < -0.3 is 20.1 Å². The molecule has 178 valence electrons. The number of amides is 2. The van der Waals surface area contributed by atoms with Gasteiger partial charge in [0, 0.05) is 12.5 Å². The van der Waals surface area contributed by atoms with Crippen LogP contribution in [0.3, 0.4) is 0 Å². The molecule has 0 saturated carbocycles. The van der Waals surface area contributed by atoms with E-state index in [1.807, 2.05) is 56.3 Å². The molecule has 2 aliphatic rings. The predicted octanol–water partition coefficient (Wildman–Crippen LogP) is 4.33. The van der Waals surface area contributed by atoms with Crippen molar-refractivity contribution in [2.24, 2.45) is 0 Å². The van der Waals surface area contributed by atoms with Gasteiger partial charge in [-0.25, -0.2) is 9.59 Å². The molecular formula is C27H30N2O5. The summed E-state index contributed by atoms with van der Waals surface area (Å²) in [5, 5.41) is 12.2. The molecule has 2 amide bonds. The molecule has 1 heterocycles. The first-order valence-electron chi connectivity index (χ1n) is 11.6. The van der Waals surface area contributed by atoms with Crippen LogP contribution in [0.4, 0.5) is 4.79 Å². The fourth-order valence-electron chi connectivity index (χ4n) is 4.84. The van der Waals surface area contributed by atoms with Crippen LogP contribution in [0.2, 0.25) is 0 Å². The zero-order valence-electron chi connectivity index (χ0n) is 19.5. The summed E-state index contributed by atoms with van der Waals surface area (Å²) >= 11 is 0. The van der Waals surface area contributed by atoms with Crippen LogP contribution in [0.15, 0.2) is 60.2 Å². The van der Waals surface area contributed by atoms with Crippen LogP contribution in [0.5, 0.6) is 0 Å². The molecule has 0 spiro atoms. The van der Waals surface area contributed by atoms with Gasteiger partial charge in [0.1, 0.15) is 18.7 Å². The van der Waals surface area contributed by atoms with Crippen LogP contribution < -0.4 is 5.32 Å². The predicted molar refractivity (Wildman–Crippen MR) is 128 cm³/mol. The van der Waals surface area contributed by atoms with E-state index in [1.54, 1.807) is 0 Å². The van der Waals surface area contributed by atoms with E-state index in [2.05, 4.69) is 17.4 Å². The number of carboxylic acid groups (broad SMARTS) is 1. The maximum absolute atomic E-state index is 13.2. The summed E-state index contributed by atoms with van der Waals surface area (Å²) in [7, 11) is 0. The molecule has 4 rings (SSSR count). The number of nitrogens with zero attached hydrogens (tertiary/aromatic N) is 1. The minimum atomic E-state index is -1.02. The highest BCUT2D eigenvalue weighted by atomic mass is 16.5. The second-order valence-corrected chi connectivity index (χ2v) is 9.07. The fraction of sp³-hybridized carbons (Fsp3) is 0.370. The fourth-order valence-corrected chi connectivity index (χ4v) is 4.84. The molecule has 1 saturated heterocycles. The van der Waals surface area contributed by atoms with E-state index in [0.29, 0.717) is 19.4 Å². The van der Waals surface area contributed by atoms with E-state index >= 15 is 0 Å². The molecule has 2 aromatic rings. The van der Waals surface area contributed by atoms with Gasteiger partial charge in [-0.3, -0.25) is 4.79 Å². The lowest BCUT2D eigenvalue weighted by Gasteiger charge is -2.27. The Morgan fingerprint density at radius 2 is 1.71 bits per heavy atom. The Kier molecular flexibility index (Phi) is 7.01. The number of carbonyl (C=O) groups excluding carboxylic acids is 2. The average Bonchev–Trinajstić information content (AvgIpc) is 3.43. The number of allylic oxidation sites excluding steroid dienone is 1. The summed E-state index contributed by atoms with van der Waals surface area (Å²) in [4.78, 5) is 38.8. The Hall–Kier alpha value is -3.61. The summed E-state index contributed by atoms with van der Waals surface area (Å²) in [6.45, 7) is 4.33. The highest BCUT2D eigenvalue weighted by Gasteiger charge is 2.37. The number of carbonyl (C=O) groups is 3. The third-order valence-electron chi connectivity index (χ3n) is 6.52. The number of carboxylic acids is 1. The molecule has 1 aliphatic carbocycles. The van der Waals surface area contributed by atoms with Gasteiger partial charge in [0.2, 0.25) is 5.91 Å². The Bertz CT molecular complexity index is 1080. The average molecular weight is 463 g/mol. The number of alkyl carbamates (subject to hydrolysis) is 1. The molecule has 1 aliphatic heterocycles. The van der Waals surface area contributed by atoms with Crippen LogP contribution in [-0.2, 0) is 14.3 Å². The molecule has 0 aromatic heterocycles. The third kappa shape index (κ3) is 4.83. The number of likely N-dealkylation sites (tertiary alicyclic amines) is 1. The monoisotopic (exact) mass is 462 g/mol. The molecule has 34 heavy (non-hydrogen) atoms. The van der Waals surface area contributed by atoms with Crippen molar-refractivity contribution < 1.29 is 24.2 Å². The van der Waals surface area contributed by atoms with Gasteiger partial charge in [0.25, 0.3) is 0 Å². The molecule has 1 unspecified atom stereocenters. The van der Waals surface area contributed by atoms with Crippen LogP contribution in [-0.4, -0.2) is 53.2 Å². The maximum Gasteiger partial charge on any atom is 0.407 e. The van der Waals surface area contributed by atoms with Crippen molar-refractivity contribution in [3.63, 3.8) is 0 Å². The zero-order chi connectivity index (χ0) is 24.2. The molecule has 7 nitrogen and oxygen atoms in total. The van der Waals surface area contributed by atoms with E-state index in [0.717, 1.165) is 27.8 Å². The van der Waals surface area contributed by atoms with Gasteiger partial charge in [0.15, 0.2) is 0 Å². The Morgan fingerprint density at radius 3 is 2.29 bits per heavy atom. The van der Waals surface area contributed by atoms with Gasteiger partial charge in [-0.1, -0.05) is 60.2 Å². The van der Waals surface area contributed by atoms with Crippen molar-refractivity contribution in [1.82, 2.24) is 10.2 Å². The van der Waals surface area contributed by atoms with Crippen LogP contribution >= 0.6 is 0 Å². The quantitative estimate of drug-likeness (QED) is 0.598. The van der Waals surface area contributed by atoms with E-state index < -0.39 is 30.1 Å². The molecule has 1 fully saturated rings. The molecular weight excluding hydrogens is 432 g/mol. The second kappa shape index (κ2) is 10.1. The first-order valence-corrected chi connectivity index (χ1v) is 11.6. The van der Waals surface area contributed by atoms with Crippen molar-refractivity contribution in [2.45, 2.75) is 51.1 Å². The van der Waals surface area contributed by atoms with Crippen molar-refractivity contribution in [3.05, 3.63) is 71.3 Å². The minimum Gasteiger partial charge on any atom is -0.480 e. The summed E-state index contributed by atoms with van der Waals surface area (Å²) in [5.41, 5.74) is 5.49. The summed E-state index contributed by atoms with van der Waals surface area (Å²) in [6.07, 6.45) is 2.49. The second-order valence-electron chi connectivity index (χ2n) is 9.07. The van der Waals surface area contributed by atoms with E-state index in [9.17, 15) is 19.5 Å². The molecule has 0 radical (unpaired) electrons. The number of ether oxygens (including phenoxy) is 1. The number of benzene rings is 2. The highest BCUT2D eigenvalue weighted by molar-refractivity contribution is 5.90. The first-order chi connectivity index (χ1) is 16.4. The standard InChI is InChI=1S/C27H30N2O5/c1-17(2)13-14-23(25(30)29-15-7-12-24(29)26(31)32)28-27(33)34-16-22-20-10-5-3-8-18(20)19-9-4-6-11-21(19)22/h3-6,8-11,13,22-24H,7,12,14-16H2,1-2H3,(H,28,33)(H,31,32)/t23?,24-/m1/s1. The van der Waals surface area contributed by atoms with Crippen LogP contribution in [0.25, 0.3) is 11.1 Å². The third-order valence-corrected chi connectivity index (χ3v) is 6.52. The largest absolute Gasteiger partial charge is 0.480 e. The van der Waals surface area contributed by atoms with Crippen molar-refractivity contribution in [2.75, 3.05) is 13.2 Å². The van der Waals surface area contributed by atoms with E-state index in [1.165, 1.54) is 4.90 Å². The molecule has 7 heteroatoms.